The topological polar surface area (TPSA) is 39.4 Å². The lowest BCUT2D eigenvalue weighted by Gasteiger charge is -2.03. The summed E-state index contributed by atoms with van der Waals surface area (Å²) in [4.78, 5) is 4.35. The van der Waals surface area contributed by atoms with Crippen LogP contribution in [0, 0.1) is 6.92 Å². The van der Waals surface area contributed by atoms with Crippen LogP contribution in [0.15, 0.2) is 42.6 Å². The van der Waals surface area contributed by atoms with Gasteiger partial charge in [-0.15, -0.1) is 5.10 Å². The van der Waals surface area contributed by atoms with E-state index in [1.807, 2.05) is 31.2 Å². The molecule has 0 unspecified atom stereocenters. The van der Waals surface area contributed by atoms with Crippen molar-refractivity contribution in [3.8, 4) is 5.75 Å². The van der Waals surface area contributed by atoms with Gasteiger partial charge in [0.15, 0.2) is 11.5 Å². The fraction of sp³-hybridized carbons (Fsp3) is 0.143. The summed E-state index contributed by atoms with van der Waals surface area (Å²) >= 11 is 5.91. The number of aryl methyl sites for hydroxylation is 1. The Morgan fingerprint density at radius 1 is 1.26 bits per heavy atom. The molecule has 0 aliphatic heterocycles. The summed E-state index contributed by atoms with van der Waals surface area (Å²) in [6.07, 6.45) is 1.78. The van der Waals surface area contributed by atoms with Crippen LogP contribution in [0.4, 0.5) is 0 Å². The number of halogens is 1. The summed E-state index contributed by atoms with van der Waals surface area (Å²) < 4.78 is 7.34. The molecule has 19 heavy (non-hydrogen) atoms. The Morgan fingerprint density at radius 2 is 2.16 bits per heavy atom. The van der Waals surface area contributed by atoms with Gasteiger partial charge in [0.1, 0.15) is 12.4 Å². The maximum absolute atomic E-state index is 5.91. The zero-order valence-corrected chi connectivity index (χ0v) is 11.1. The quantitative estimate of drug-likeness (QED) is 0.735. The highest BCUT2D eigenvalue weighted by molar-refractivity contribution is 6.30. The zero-order valence-electron chi connectivity index (χ0n) is 10.4. The largest absolute Gasteiger partial charge is 0.486 e. The number of ether oxygens (including phenoxy) is 1. The number of hydrogen-bond donors (Lipinski definition) is 0. The molecule has 2 heterocycles. The molecule has 0 bridgehead atoms. The summed E-state index contributed by atoms with van der Waals surface area (Å²) in [7, 11) is 0. The molecule has 0 aliphatic carbocycles. The molecule has 0 fully saturated rings. The van der Waals surface area contributed by atoms with Crippen molar-refractivity contribution in [1.29, 1.82) is 0 Å². The Labute approximate surface area is 115 Å². The minimum absolute atomic E-state index is 0.336. The first-order valence-corrected chi connectivity index (χ1v) is 6.29. The van der Waals surface area contributed by atoms with Crippen molar-refractivity contribution in [3.05, 3.63) is 59.0 Å². The Bertz CT molecular complexity index is 724. The summed E-state index contributed by atoms with van der Waals surface area (Å²) in [5, 5.41) is 4.96. The van der Waals surface area contributed by atoms with E-state index in [0.717, 1.165) is 17.0 Å². The second-order valence-electron chi connectivity index (χ2n) is 4.28. The van der Waals surface area contributed by atoms with Gasteiger partial charge in [0.25, 0.3) is 0 Å². The second-order valence-corrected chi connectivity index (χ2v) is 4.72. The number of nitrogens with zero attached hydrogens (tertiary/aromatic N) is 3. The van der Waals surface area contributed by atoms with Gasteiger partial charge in [-0.05, 0) is 30.7 Å². The van der Waals surface area contributed by atoms with Gasteiger partial charge >= 0.3 is 0 Å². The van der Waals surface area contributed by atoms with Crippen molar-refractivity contribution in [1.82, 2.24) is 14.6 Å². The van der Waals surface area contributed by atoms with Crippen molar-refractivity contribution in [2.24, 2.45) is 0 Å². The van der Waals surface area contributed by atoms with Crippen LogP contribution in [0.25, 0.3) is 5.65 Å². The van der Waals surface area contributed by atoms with E-state index in [1.165, 1.54) is 0 Å². The molecular formula is C14H12ClN3O. The van der Waals surface area contributed by atoms with Crippen LogP contribution in [0.5, 0.6) is 5.75 Å². The van der Waals surface area contributed by atoms with Gasteiger partial charge in [-0.1, -0.05) is 23.7 Å². The predicted molar refractivity (Wildman–Crippen MR) is 73.5 cm³/mol. The number of rotatable bonds is 3. The third-order valence-corrected chi connectivity index (χ3v) is 2.94. The normalized spacial score (nSPS) is 10.8. The number of benzene rings is 1. The SMILES string of the molecule is Cc1cccc(OCc2nc3cc(Cl)ccn3n2)c1. The molecule has 0 atom stereocenters. The summed E-state index contributed by atoms with van der Waals surface area (Å²) in [5.41, 5.74) is 1.88. The van der Waals surface area contributed by atoms with Gasteiger partial charge < -0.3 is 4.74 Å². The lowest BCUT2D eigenvalue weighted by molar-refractivity contribution is 0.296. The van der Waals surface area contributed by atoms with Gasteiger partial charge in [-0.2, -0.15) is 0 Å². The van der Waals surface area contributed by atoms with E-state index in [4.69, 9.17) is 16.3 Å². The zero-order chi connectivity index (χ0) is 13.2. The average Bonchev–Trinajstić information content (AvgIpc) is 2.78. The smallest absolute Gasteiger partial charge is 0.189 e. The van der Waals surface area contributed by atoms with Gasteiger partial charge in [0, 0.05) is 17.3 Å². The second kappa shape index (κ2) is 4.90. The average molecular weight is 274 g/mol. The lowest BCUT2D eigenvalue weighted by atomic mass is 10.2. The first-order chi connectivity index (χ1) is 9.20. The highest BCUT2D eigenvalue weighted by atomic mass is 35.5. The number of hydrogen-bond acceptors (Lipinski definition) is 3. The third-order valence-electron chi connectivity index (χ3n) is 2.70. The summed E-state index contributed by atoms with van der Waals surface area (Å²) in [6, 6.07) is 11.4. The monoisotopic (exact) mass is 273 g/mol. The molecule has 4 nitrogen and oxygen atoms in total. The lowest BCUT2D eigenvalue weighted by Crippen LogP contribution is -1.98. The van der Waals surface area contributed by atoms with Gasteiger partial charge in [-0.25, -0.2) is 9.50 Å². The molecule has 0 saturated heterocycles. The van der Waals surface area contributed by atoms with E-state index >= 15 is 0 Å². The standard InChI is InChI=1S/C14H12ClN3O/c1-10-3-2-4-12(7-10)19-9-13-16-14-8-11(15)5-6-18(14)17-13/h2-8H,9H2,1H3. The molecule has 3 rings (SSSR count). The van der Waals surface area contributed by atoms with Crippen LogP contribution >= 0.6 is 11.6 Å². The minimum atomic E-state index is 0.336. The minimum Gasteiger partial charge on any atom is -0.486 e. The van der Waals surface area contributed by atoms with Crippen LogP contribution < -0.4 is 4.74 Å². The fourth-order valence-electron chi connectivity index (χ4n) is 1.82. The molecule has 0 amide bonds. The molecule has 0 aliphatic rings. The molecule has 0 radical (unpaired) electrons. The molecule has 96 valence electrons. The van der Waals surface area contributed by atoms with E-state index in [9.17, 15) is 0 Å². The third kappa shape index (κ3) is 2.69. The van der Waals surface area contributed by atoms with Crippen molar-refractivity contribution in [2.45, 2.75) is 13.5 Å². The number of fused-ring (bicyclic) bond motifs is 1. The Hall–Kier alpha value is -2.07. The first-order valence-electron chi connectivity index (χ1n) is 5.91. The van der Waals surface area contributed by atoms with Crippen LogP contribution in [0.3, 0.4) is 0 Å². The molecule has 0 saturated carbocycles. The van der Waals surface area contributed by atoms with Gasteiger partial charge in [-0.3, -0.25) is 0 Å². The Kier molecular flexibility index (Phi) is 3.09. The van der Waals surface area contributed by atoms with Gasteiger partial charge in [0.2, 0.25) is 0 Å². The van der Waals surface area contributed by atoms with Crippen molar-refractivity contribution < 1.29 is 4.74 Å². The van der Waals surface area contributed by atoms with E-state index in [1.54, 1.807) is 22.8 Å². The number of aromatic nitrogens is 3. The van der Waals surface area contributed by atoms with E-state index in [0.29, 0.717) is 17.5 Å². The number of pyridine rings is 1. The van der Waals surface area contributed by atoms with Crippen LogP contribution in [0.1, 0.15) is 11.4 Å². The summed E-state index contributed by atoms with van der Waals surface area (Å²) in [5.74, 6) is 1.45. The highest BCUT2D eigenvalue weighted by Gasteiger charge is 2.05. The highest BCUT2D eigenvalue weighted by Crippen LogP contribution is 2.15. The molecule has 1 aromatic carbocycles. The molecule has 0 spiro atoms. The molecule has 2 aromatic heterocycles. The predicted octanol–water partition coefficient (Wildman–Crippen LogP) is 3.27. The maximum Gasteiger partial charge on any atom is 0.189 e. The van der Waals surface area contributed by atoms with E-state index in [2.05, 4.69) is 10.1 Å². The van der Waals surface area contributed by atoms with E-state index < -0.39 is 0 Å². The van der Waals surface area contributed by atoms with E-state index in [-0.39, 0.29) is 0 Å². The first kappa shape index (κ1) is 12.0. The van der Waals surface area contributed by atoms with Crippen LogP contribution in [-0.2, 0) is 6.61 Å². The Balaban J connectivity index is 1.78. The summed E-state index contributed by atoms with van der Waals surface area (Å²) in [6.45, 7) is 2.36. The Morgan fingerprint density at radius 3 is 3.00 bits per heavy atom. The van der Waals surface area contributed by atoms with Crippen LogP contribution in [-0.4, -0.2) is 14.6 Å². The van der Waals surface area contributed by atoms with Crippen molar-refractivity contribution >= 4 is 17.2 Å². The van der Waals surface area contributed by atoms with Crippen molar-refractivity contribution in [3.63, 3.8) is 0 Å². The molecule has 5 heteroatoms. The molecule has 3 aromatic rings. The van der Waals surface area contributed by atoms with Gasteiger partial charge in [0.05, 0.1) is 0 Å². The fourth-order valence-corrected chi connectivity index (χ4v) is 1.97. The van der Waals surface area contributed by atoms with Crippen molar-refractivity contribution in [2.75, 3.05) is 0 Å². The molecule has 0 N–H and O–H groups in total. The molecular weight excluding hydrogens is 262 g/mol. The maximum atomic E-state index is 5.91. The van der Waals surface area contributed by atoms with Crippen LogP contribution in [0.2, 0.25) is 5.02 Å².